The van der Waals surface area contributed by atoms with Crippen molar-refractivity contribution in [1.82, 2.24) is 0 Å². The molecule has 4 rings (SSSR count). The summed E-state index contributed by atoms with van der Waals surface area (Å²) in [6.45, 7) is 4.39. The quantitative estimate of drug-likeness (QED) is 0.612. The van der Waals surface area contributed by atoms with Crippen molar-refractivity contribution < 1.29 is 10.2 Å². The van der Waals surface area contributed by atoms with Crippen molar-refractivity contribution >= 4 is 22.6 Å². The number of aromatic hydroxyl groups is 1. The van der Waals surface area contributed by atoms with Crippen LogP contribution >= 0.6 is 22.6 Å². The van der Waals surface area contributed by atoms with E-state index in [1.165, 1.54) is 30.4 Å². The zero-order valence-electron chi connectivity index (χ0n) is 13.4. The van der Waals surface area contributed by atoms with Gasteiger partial charge in [-0.2, -0.15) is 0 Å². The normalized spacial score (nSPS) is 43.4. The van der Waals surface area contributed by atoms with E-state index in [0.29, 0.717) is 23.5 Å². The van der Waals surface area contributed by atoms with Crippen molar-refractivity contribution in [3.8, 4) is 5.75 Å². The van der Waals surface area contributed by atoms with Crippen LogP contribution in [0.4, 0.5) is 0 Å². The van der Waals surface area contributed by atoms with Crippen molar-refractivity contribution in [3.63, 3.8) is 0 Å². The van der Waals surface area contributed by atoms with Crippen molar-refractivity contribution in [2.75, 3.05) is 0 Å². The second kappa shape index (κ2) is 4.85. The van der Waals surface area contributed by atoms with Gasteiger partial charge in [-0.25, -0.2) is 0 Å². The Hall–Kier alpha value is -0.290. The second-order valence-corrected chi connectivity index (χ2v) is 9.35. The molecule has 0 unspecified atom stereocenters. The van der Waals surface area contributed by atoms with Crippen LogP contribution in [0.25, 0.3) is 0 Å². The summed E-state index contributed by atoms with van der Waals surface area (Å²) in [6.07, 6.45) is 6.74. The molecule has 0 saturated heterocycles. The highest BCUT2D eigenvalue weighted by Crippen LogP contribution is 2.64. The van der Waals surface area contributed by atoms with Gasteiger partial charge in [-0.15, -0.1) is 0 Å². The number of halogens is 1. The lowest BCUT2D eigenvalue weighted by molar-refractivity contribution is -0.0901. The number of phenols is 1. The minimum atomic E-state index is -0.494. The van der Waals surface area contributed by atoms with Gasteiger partial charge in [0.15, 0.2) is 0 Å². The molecule has 5 atom stereocenters. The molecule has 0 spiro atoms. The fourth-order valence-corrected chi connectivity index (χ4v) is 6.32. The van der Waals surface area contributed by atoms with Gasteiger partial charge in [0.25, 0.3) is 0 Å². The maximum atomic E-state index is 10.9. The molecule has 0 amide bonds. The molecule has 22 heavy (non-hydrogen) atoms. The lowest BCUT2D eigenvalue weighted by Gasteiger charge is -2.52. The second-order valence-electron chi connectivity index (χ2n) is 8.19. The van der Waals surface area contributed by atoms with Crippen LogP contribution in [-0.4, -0.2) is 15.8 Å². The van der Waals surface area contributed by atoms with Gasteiger partial charge >= 0.3 is 0 Å². The molecule has 120 valence electrons. The Morgan fingerprint density at radius 3 is 2.68 bits per heavy atom. The summed E-state index contributed by atoms with van der Waals surface area (Å²) in [5.74, 6) is 2.42. The van der Waals surface area contributed by atoms with Gasteiger partial charge in [0, 0.05) is 0 Å². The molecule has 2 saturated carbocycles. The van der Waals surface area contributed by atoms with Crippen LogP contribution in [0, 0.1) is 20.8 Å². The number of rotatable bonds is 0. The third kappa shape index (κ3) is 1.94. The summed E-state index contributed by atoms with van der Waals surface area (Å²) in [4.78, 5) is 0. The van der Waals surface area contributed by atoms with Gasteiger partial charge in [0.05, 0.1) is 9.17 Å². The van der Waals surface area contributed by atoms with E-state index >= 15 is 0 Å². The first-order chi connectivity index (χ1) is 10.3. The molecule has 3 aliphatic rings. The molecule has 2 fully saturated rings. The van der Waals surface area contributed by atoms with E-state index in [0.717, 1.165) is 22.8 Å². The molecule has 0 aliphatic heterocycles. The Morgan fingerprint density at radius 1 is 1.14 bits per heavy atom. The van der Waals surface area contributed by atoms with E-state index in [4.69, 9.17) is 0 Å². The highest BCUT2D eigenvalue weighted by molar-refractivity contribution is 14.1. The summed E-state index contributed by atoms with van der Waals surface area (Å²) in [7, 11) is 0. The van der Waals surface area contributed by atoms with E-state index in [2.05, 4.69) is 42.5 Å². The minimum Gasteiger partial charge on any atom is -0.507 e. The molecule has 1 aromatic rings. The van der Waals surface area contributed by atoms with Gasteiger partial charge in [-0.05, 0) is 114 Å². The molecule has 0 aromatic heterocycles. The SMILES string of the molecule is C[C@]1(O)CC[C@H]2[C@@H]3CCc4cc(O)c(I)cc4[C@H]3CC[C@@]21C. The number of benzene rings is 1. The average Bonchev–Trinajstić information content (AvgIpc) is 2.71. The predicted molar refractivity (Wildman–Crippen MR) is 96.1 cm³/mol. The standard InChI is InChI=1S/C19H25IO2/c1-18-7-5-12-13(15(18)6-8-19(18,2)22)4-3-11-9-17(21)16(20)10-14(11)12/h9-10,12-13,15,21-22H,3-8H2,1-2H3/t12-,13+,15-,18-,19-/m0/s1. The third-order valence-corrected chi connectivity index (χ3v) is 8.22. The van der Waals surface area contributed by atoms with Crippen LogP contribution in [0.15, 0.2) is 12.1 Å². The molecular weight excluding hydrogens is 387 g/mol. The van der Waals surface area contributed by atoms with Crippen LogP contribution in [0.1, 0.15) is 63.0 Å². The molecule has 2 N–H and O–H groups in total. The van der Waals surface area contributed by atoms with Crippen molar-refractivity contribution in [2.24, 2.45) is 17.3 Å². The Kier molecular flexibility index (Phi) is 3.37. The van der Waals surface area contributed by atoms with Gasteiger partial charge in [-0.3, -0.25) is 0 Å². The molecule has 3 heteroatoms. The Balaban J connectivity index is 1.74. The molecule has 0 bridgehead atoms. The Bertz CT molecular complexity index is 624. The van der Waals surface area contributed by atoms with Gasteiger partial charge in [-0.1, -0.05) is 6.92 Å². The topological polar surface area (TPSA) is 40.5 Å². The highest BCUT2D eigenvalue weighted by Gasteiger charge is 2.59. The third-order valence-electron chi connectivity index (χ3n) is 7.35. The van der Waals surface area contributed by atoms with Gasteiger partial charge in [0.2, 0.25) is 0 Å². The van der Waals surface area contributed by atoms with Crippen molar-refractivity contribution in [1.29, 1.82) is 0 Å². The van der Waals surface area contributed by atoms with E-state index in [1.54, 1.807) is 0 Å². The van der Waals surface area contributed by atoms with Crippen molar-refractivity contribution in [2.45, 2.75) is 63.9 Å². The fraction of sp³-hybridized carbons (Fsp3) is 0.684. The summed E-state index contributed by atoms with van der Waals surface area (Å²) in [6, 6.07) is 4.21. The minimum absolute atomic E-state index is 0.0930. The molecule has 2 nitrogen and oxygen atoms in total. The number of hydrogen-bond acceptors (Lipinski definition) is 2. The first kappa shape index (κ1) is 15.3. The lowest BCUT2D eigenvalue weighted by atomic mass is 9.53. The van der Waals surface area contributed by atoms with E-state index in [9.17, 15) is 10.2 Å². The Morgan fingerprint density at radius 2 is 1.91 bits per heavy atom. The van der Waals surface area contributed by atoms with E-state index in [1.807, 2.05) is 6.07 Å². The predicted octanol–water partition coefficient (Wildman–Crippen LogP) is 4.60. The number of hydrogen-bond donors (Lipinski definition) is 2. The smallest absolute Gasteiger partial charge is 0.129 e. The van der Waals surface area contributed by atoms with Crippen LogP contribution in [0.2, 0.25) is 0 Å². The van der Waals surface area contributed by atoms with E-state index in [-0.39, 0.29) is 5.41 Å². The van der Waals surface area contributed by atoms with Crippen LogP contribution in [0.3, 0.4) is 0 Å². The zero-order chi connectivity index (χ0) is 15.7. The number of fused-ring (bicyclic) bond motifs is 5. The summed E-state index contributed by atoms with van der Waals surface area (Å²) < 4.78 is 0.976. The van der Waals surface area contributed by atoms with Crippen LogP contribution in [-0.2, 0) is 6.42 Å². The zero-order valence-corrected chi connectivity index (χ0v) is 15.6. The van der Waals surface area contributed by atoms with Gasteiger partial charge in [0.1, 0.15) is 5.75 Å². The highest BCUT2D eigenvalue weighted by atomic mass is 127. The van der Waals surface area contributed by atoms with Crippen LogP contribution < -0.4 is 0 Å². The molecule has 3 aliphatic carbocycles. The lowest BCUT2D eigenvalue weighted by Crippen LogP contribution is -2.49. The average molecular weight is 412 g/mol. The number of phenolic OH excluding ortho intramolecular Hbond substituents is 1. The van der Waals surface area contributed by atoms with Crippen molar-refractivity contribution in [3.05, 3.63) is 26.8 Å². The molecular formula is C19H25IO2. The maximum absolute atomic E-state index is 10.9. The molecule has 1 aromatic carbocycles. The van der Waals surface area contributed by atoms with Gasteiger partial charge < -0.3 is 10.2 Å². The van der Waals surface area contributed by atoms with E-state index < -0.39 is 5.60 Å². The first-order valence-corrected chi connectivity index (χ1v) is 9.65. The maximum Gasteiger partial charge on any atom is 0.129 e. The summed E-state index contributed by atoms with van der Waals surface area (Å²) in [5.41, 5.74) is 2.43. The summed E-state index contributed by atoms with van der Waals surface area (Å²) >= 11 is 2.24. The largest absolute Gasteiger partial charge is 0.507 e. The summed E-state index contributed by atoms with van der Waals surface area (Å²) in [5, 5.41) is 20.9. The van der Waals surface area contributed by atoms with Crippen LogP contribution in [0.5, 0.6) is 5.75 Å². The molecule has 0 radical (unpaired) electrons. The number of aryl methyl sites for hydroxylation is 1. The Labute approximate surface area is 146 Å². The fourth-order valence-electron chi connectivity index (χ4n) is 5.82. The first-order valence-electron chi connectivity index (χ1n) is 8.57. The molecule has 0 heterocycles. The number of aliphatic hydroxyl groups is 1. The monoisotopic (exact) mass is 412 g/mol.